The van der Waals surface area contributed by atoms with E-state index in [9.17, 15) is 4.79 Å². The molecule has 0 aliphatic heterocycles. The van der Waals surface area contributed by atoms with Crippen LogP contribution >= 0.6 is 0 Å². The van der Waals surface area contributed by atoms with Gasteiger partial charge in [-0.2, -0.15) is 0 Å². The SMILES string of the molecule is Cc1ccc(-n2cnnc2CC(=O)O)cc1. The van der Waals surface area contributed by atoms with Crippen LogP contribution in [0.1, 0.15) is 11.4 Å². The number of aromatic nitrogens is 3. The van der Waals surface area contributed by atoms with Gasteiger partial charge in [-0.15, -0.1) is 10.2 Å². The largest absolute Gasteiger partial charge is 0.481 e. The smallest absolute Gasteiger partial charge is 0.311 e. The van der Waals surface area contributed by atoms with Gasteiger partial charge in [0, 0.05) is 5.69 Å². The predicted molar refractivity (Wildman–Crippen MR) is 57.4 cm³/mol. The standard InChI is InChI=1S/C11H11N3O2/c1-8-2-4-9(5-3-8)14-7-12-13-10(14)6-11(15)16/h2-5,7H,6H2,1H3,(H,15,16). The minimum Gasteiger partial charge on any atom is -0.481 e. The van der Waals surface area contributed by atoms with Crippen LogP contribution < -0.4 is 0 Å². The van der Waals surface area contributed by atoms with E-state index in [-0.39, 0.29) is 6.42 Å². The lowest BCUT2D eigenvalue weighted by Crippen LogP contribution is -2.07. The van der Waals surface area contributed by atoms with Gasteiger partial charge in [0.25, 0.3) is 0 Å². The Hall–Kier alpha value is -2.17. The normalized spacial score (nSPS) is 10.3. The average molecular weight is 217 g/mol. The van der Waals surface area contributed by atoms with E-state index in [1.54, 1.807) is 4.57 Å². The Labute approximate surface area is 92.4 Å². The van der Waals surface area contributed by atoms with Crippen LogP contribution in [0.4, 0.5) is 0 Å². The second-order valence-electron chi connectivity index (χ2n) is 3.52. The fourth-order valence-electron chi connectivity index (χ4n) is 1.44. The highest BCUT2D eigenvalue weighted by Gasteiger charge is 2.09. The van der Waals surface area contributed by atoms with Gasteiger partial charge < -0.3 is 5.11 Å². The first-order valence-corrected chi connectivity index (χ1v) is 4.84. The lowest BCUT2D eigenvalue weighted by atomic mass is 10.2. The maximum Gasteiger partial charge on any atom is 0.311 e. The number of carboxylic acid groups (broad SMARTS) is 1. The van der Waals surface area contributed by atoms with Gasteiger partial charge in [0.05, 0.1) is 0 Å². The molecule has 0 atom stereocenters. The van der Waals surface area contributed by atoms with Crippen LogP contribution in [-0.4, -0.2) is 25.8 Å². The lowest BCUT2D eigenvalue weighted by molar-refractivity contribution is -0.136. The molecule has 0 aliphatic carbocycles. The van der Waals surface area contributed by atoms with Crippen LogP contribution in [0.5, 0.6) is 0 Å². The summed E-state index contributed by atoms with van der Waals surface area (Å²) >= 11 is 0. The number of carbonyl (C=O) groups is 1. The van der Waals surface area contributed by atoms with E-state index in [0.29, 0.717) is 5.82 Å². The van der Waals surface area contributed by atoms with Crippen molar-refractivity contribution < 1.29 is 9.90 Å². The molecule has 0 amide bonds. The minimum absolute atomic E-state index is 0.131. The van der Waals surface area contributed by atoms with E-state index >= 15 is 0 Å². The molecular weight excluding hydrogens is 206 g/mol. The predicted octanol–water partition coefficient (Wildman–Crippen LogP) is 1.20. The van der Waals surface area contributed by atoms with Crippen molar-refractivity contribution in [2.75, 3.05) is 0 Å². The molecule has 16 heavy (non-hydrogen) atoms. The summed E-state index contributed by atoms with van der Waals surface area (Å²) in [5.74, 6) is -0.488. The van der Waals surface area contributed by atoms with Gasteiger partial charge in [-0.25, -0.2) is 0 Å². The Kier molecular flexibility index (Phi) is 2.68. The lowest BCUT2D eigenvalue weighted by Gasteiger charge is -2.04. The molecule has 0 fully saturated rings. The van der Waals surface area contributed by atoms with Crippen molar-refractivity contribution in [1.29, 1.82) is 0 Å². The van der Waals surface area contributed by atoms with Crippen molar-refractivity contribution in [2.24, 2.45) is 0 Å². The second kappa shape index (κ2) is 4.14. The van der Waals surface area contributed by atoms with Crippen molar-refractivity contribution in [3.63, 3.8) is 0 Å². The topological polar surface area (TPSA) is 68.0 Å². The molecule has 0 spiro atoms. The minimum atomic E-state index is -0.915. The molecule has 0 aliphatic rings. The number of hydrogen-bond donors (Lipinski definition) is 1. The molecule has 82 valence electrons. The number of benzene rings is 1. The maximum atomic E-state index is 10.6. The van der Waals surface area contributed by atoms with Crippen LogP contribution in [-0.2, 0) is 11.2 Å². The van der Waals surface area contributed by atoms with Gasteiger partial charge in [0.15, 0.2) is 0 Å². The molecule has 0 unspecified atom stereocenters. The van der Waals surface area contributed by atoms with E-state index in [1.165, 1.54) is 6.33 Å². The summed E-state index contributed by atoms with van der Waals surface area (Å²) in [5, 5.41) is 16.2. The number of nitrogens with zero attached hydrogens (tertiary/aromatic N) is 3. The highest BCUT2D eigenvalue weighted by molar-refractivity contribution is 5.69. The third-order valence-corrected chi connectivity index (χ3v) is 2.24. The van der Waals surface area contributed by atoms with Crippen LogP contribution in [0.2, 0.25) is 0 Å². The summed E-state index contributed by atoms with van der Waals surface area (Å²) < 4.78 is 1.67. The van der Waals surface area contributed by atoms with E-state index in [1.807, 2.05) is 31.2 Å². The second-order valence-corrected chi connectivity index (χ2v) is 3.52. The van der Waals surface area contributed by atoms with Crippen molar-refractivity contribution in [2.45, 2.75) is 13.3 Å². The van der Waals surface area contributed by atoms with Crippen LogP contribution in [0, 0.1) is 6.92 Å². The van der Waals surface area contributed by atoms with Crippen molar-refractivity contribution in [1.82, 2.24) is 14.8 Å². The Bertz CT molecular complexity index is 502. The zero-order chi connectivity index (χ0) is 11.5. The van der Waals surface area contributed by atoms with Crippen LogP contribution in [0.25, 0.3) is 5.69 Å². The molecule has 1 heterocycles. The van der Waals surface area contributed by atoms with Gasteiger partial charge >= 0.3 is 5.97 Å². The van der Waals surface area contributed by atoms with Crippen molar-refractivity contribution >= 4 is 5.97 Å². The molecule has 1 aromatic carbocycles. The molecule has 2 aromatic rings. The summed E-state index contributed by atoms with van der Waals surface area (Å²) in [5.41, 5.74) is 2.02. The summed E-state index contributed by atoms with van der Waals surface area (Å²) in [6.07, 6.45) is 1.39. The molecule has 1 N–H and O–H groups in total. The van der Waals surface area contributed by atoms with Crippen molar-refractivity contribution in [3.8, 4) is 5.69 Å². The van der Waals surface area contributed by atoms with Gasteiger partial charge in [0.2, 0.25) is 0 Å². The summed E-state index contributed by atoms with van der Waals surface area (Å²) in [4.78, 5) is 10.6. The number of carboxylic acids is 1. The van der Waals surface area contributed by atoms with Crippen LogP contribution in [0.15, 0.2) is 30.6 Å². The van der Waals surface area contributed by atoms with E-state index in [0.717, 1.165) is 11.3 Å². The summed E-state index contributed by atoms with van der Waals surface area (Å²) in [6, 6.07) is 7.73. The summed E-state index contributed by atoms with van der Waals surface area (Å²) in [6.45, 7) is 1.99. The molecule has 0 saturated carbocycles. The Morgan fingerprint density at radius 1 is 1.38 bits per heavy atom. The third-order valence-electron chi connectivity index (χ3n) is 2.24. The Morgan fingerprint density at radius 3 is 2.69 bits per heavy atom. The molecule has 5 heteroatoms. The van der Waals surface area contributed by atoms with Crippen LogP contribution in [0.3, 0.4) is 0 Å². The van der Waals surface area contributed by atoms with E-state index in [4.69, 9.17) is 5.11 Å². The van der Waals surface area contributed by atoms with Gasteiger partial charge in [0.1, 0.15) is 18.6 Å². The molecule has 0 radical (unpaired) electrons. The Balaban J connectivity index is 2.36. The quantitative estimate of drug-likeness (QED) is 0.838. The first-order chi connectivity index (χ1) is 7.66. The molecule has 2 rings (SSSR count). The van der Waals surface area contributed by atoms with E-state index < -0.39 is 5.97 Å². The van der Waals surface area contributed by atoms with Gasteiger partial charge in [-0.1, -0.05) is 17.7 Å². The molecule has 0 saturated heterocycles. The van der Waals surface area contributed by atoms with Gasteiger partial charge in [-0.05, 0) is 19.1 Å². The third kappa shape index (κ3) is 2.08. The number of aliphatic carboxylic acids is 1. The molecular formula is C11H11N3O2. The van der Waals surface area contributed by atoms with E-state index in [2.05, 4.69) is 10.2 Å². The number of rotatable bonds is 3. The zero-order valence-corrected chi connectivity index (χ0v) is 8.79. The molecule has 1 aromatic heterocycles. The number of aryl methyl sites for hydroxylation is 1. The summed E-state index contributed by atoms with van der Waals surface area (Å²) in [7, 11) is 0. The first kappa shape index (κ1) is 10.4. The fourth-order valence-corrected chi connectivity index (χ4v) is 1.44. The first-order valence-electron chi connectivity index (χ1n) is 4.84. The number of hydrogen-bond acceptors (Lipinski definition) is 3. The monoisotopic (exact) mass is 217 g/mol. The zero-order valence-electron chi connectivity index (χ0n) is 8.79. The highest BCUT2D eigenvalue weighted by Crippen LogP contribution is 2.11. The molecule has 0 bridgehead atoms. The van der Waals surface area contributed by atoms with Gasteiger partial charge in [-0.3, -0.25) is 9.36 Å². The maximum absolute atomic E-state index is 10.6. The Morgan fingerprint density at radius 2 is 2.06 bits per heavy atom. The van der Waals surface area contributed by atoms with Crippen molar-refractivity contribution in [3.05, 3.63) is 42.0 Å². The highest BCUT2D eigenvalue weighted by atomic mass is 16.4. The molecule has 5 nitrogen and oxygen atoms in total. The fraction of sp³-hybridized carbons (Fsp3) is 0.182. The average Bonchev–Trinajstić information content (AvgIpc) is 2.66.